The molecule has 0 rings (SSSR count). The third-order valence-electron chi connectivity index (χ3n) is 0.200. The predicted octanol–water partition coefficient (Wildman–Crippen LogP) is -14.3. The third-order valence-corrected chi connectivity index (χ3v) is 1.80. The van der Waals surface area contributed by atoms with Gasteiger partial charge in [0, 0.05) is 0 Å². The van der Waals surface area contributed by atoms with Crippen molar-refractivity contribution in [3.05, 3.63) is 0 Å². The van der Waals surface area contributed by atoms with Gasteiger partial charge in [-0.1, -0.05) is 0 Å². The molecule has 16 heteroatoms. The van der Waals surface area contributed by atoms with Crippen LogP contribution in [-0.4, -0.2) is 18.9 Å². The van der Waals surface area contributed by atoms with E-state index in [2.05, 4.69) is 4.31 Å². The summed E-state index contributed by atoms with van der Waals surface area (Å²) in [5.74, 6) is 0. The molecule has 0 saturated carbocycles. The van der Waals surface area contributed by atoms with Crippen LogP contribution in [0.5, 0.6) is 0 Å². The fraction of sp³-hybridized carbons (Fsp3) is 0. The molecule has 0 aliphatic carbocycles. The van der Waals surface area contributed by atoms with Gasteiger partial charge in [0.05, 0.1) is 15.6 Å². The average Bonchev–Trinajstić information content (AvgIpc) is 1.53. The molecule has 0 fully saturated rings. The van der Waals surface area contributed by atoms with Gasteiger partial charge in [-0.2, -0.15) is 0 Å². The van der Waals surface area contributed by atoms with E-state index in [4.69, 9.17) is 17.8 Å². The van der Waals surface area contributed by atoms with Gasteiger partial charge in [-0.3, -0.25) is 0 Å². The van der Waals surface area contributed by atoms with E-state index in [0.29, 0.717) is 0 Å². The van der Waals surface area contributed by atoms with E-state index in [9.17, 15) is 28.7 Å². The maximum Gasteiger partial charge on any atom is 1.00 e. The molecule has 0 spiro atoms. The quantitative estimate of drug-likeness (QED) is 0.298. The minimum Gasteiger partial charge on any atom is 1.00 e. The Kier molecular flexibility index (Phi) is 48.6. The van der Waals surface area contributed by atoms with Gasteiger partial charge in [0.2, 0.25) is 0 Å². The molecule has 0 bridgehead atoms. The molecule has 0 aromatic heterocycles. The molecular weight excluding hydrogens is 456 g/mol. The molecule has 0 saturated heterocycles. The van der Waals surface area contributed by atoms with Crippen LogP contribution in [0.15, 0.2) is 0 Å². The van der Waals surface area contributed by atoms with E-state index in [1.807, 2.05) is 0 Å². The average molecular weight is 456 g/mol. The van der Waals surface area contributed by atoms with Crippen molar-refractivity contribution in [2.24, 2.45) is 0 Å². The molecule has 0 aromatic carbocycles. The summed E-state index contributed by atoms with van der Waals surface area (Å²) in [6.45, 7) is 0. The van der Waals surface area contributed by atoms with E-state index < -0.39 is 34.5 Å². The fourth-order valence-corrected chi connectivity index (χ4v) is 1.10. The van der Waals surface area contributed by atoms with E-state index >= 15 is 0 Å². The minimum atomic E-state index is -5.68. The van der Waals surface area contributed by atoms with Crippen molar-refractivity contribution in [1.29, 1.82) is 0 Å². The molecule has 0 heterocycles. The molecule has 0 unspecified atom stereocenters. The first-order valence-corrected chi connectivity index (χ1v) is 12.0. The topological polar surface area (TPSA) is 136 Å². The van der Waals surface area contributed by atoms with Crippen molar-refractivity contribution in [2.75, 3.05) is 0 Å². The van der Waals surface area contributed by atoms with Crippen LogP contribution in [0.25, 0.3) is 0 Å². The maximum atomic E-state index is 9.32. The summed E-state index contributed by atoms with van der Waals surface area (Å²) >= 11 is -0.826. The Labute approximate surface area is 199 Å². The van der Waals surface area contributed by atoms with Gasteiger partial charge in [-0.15, -0.1) is 0 Å². The van der Waals surface area contributed by atoms with Crippen LogP contribution in [-0.2, 0) is 13.4 Å². The van der Waals surface area contributed by atoms with E-state index in [1.165, 1.54) is 0 Å². The van der Waals surface area contributed by atoms with Crippen molar-refractivity contribution in [3.63, 3.8) is 0 Å². The third kappa shape index (κ3) is 50.4. The minimum absolute atomic E-state index is 0. The van der Waals surface area contributed by atoms with Crippen LogP contribution < -0.4 is 138 Å². The van der Waals surface area contributed by atoms with Crippen LogP contribution in [0.3, 0.4) is 0 Å². The van der Waals surface area contributed by atoms with Gasteiger partial charge in [-0.05, 0) is 0 Å². The van der Waals surface area contributed by atoms with Gasteiger partial charge in [0.25, 0.3) is 0 Å². The Morgan fingerprint density at radius 1 is 0.812 bits per heavy atom. The van der Waals surface area contributed by atoms with Gasteiger partial charge >= 0.3 is 155 Å². The second-order valence-corrected chi connectivity index (χ2v) is 7.73. The van der Waals surface area contributed by atoms with Crippen molar-refractivity contribution in [3.8, 4) is 0 Å². The molecule has 0 radical (unpaired) electrons. The van der Waals surface area contributed by atoms with Crippen molar-refractivity contribution in [1.82, 2.24) is 0 Å². The summed E-state index contributed by atoms with van der Waals surface area (Å²) in [5.41, 5.74) is 0. The number of hydrogen-bond donors (Lipinski definition) is 0. The van der Waals surface area contributed by atoms with Crippen LogP contribution in [0.4, 0.5) is 0 Å². The Morgan fingerprint density at radius 3 is 0.938 bits per heavy atom. The molecule has 16 heavy (non-hydrogen) atoms. The monoisotopic (exact) mass is 456 g/mol. The number of rotatable bonds is 2. The zero-order valence-electron chi connectivity index (χ0n) is 9.01. The normalized spacial score (nSPS) is 8.38. The molecule has 0 aliphatic heterocycles. The fourth-order valence-electron chi connectivity index (χ4n) is 0.122. The van der Waals surface area contributed by atoms with E-state index in [0.717, 1.165) is 0 Å². The maximum absolute atomic E-state index is 9.32. The largest absolute Gasteiger partial charge is 1.00 e. The van der Waals surface area contributed by atoms with Crippen molar-refractivity contribution >= 4 is 52.4 Å². The summed E-state index contributed by atoms with van der Waals surface area (Å²) in [5, 5.41) is 0. The summed E-state index contributed by atoms with van der Waals surface area (Å²) in [6, 6.07) is 0. The second-order valence-electron chi connectivity index (χ2n) is 1.05. The first-order valence-electron chi connectivity index (χ1n) is 1.84. The summed E-state index contributed by atoms with van der Waals surface area (Å²) < 4.78 is 21.2. The molecule has 72 valence electrons. The van der Waals surface area contributed by atoms with E-state index in [1.54, 1.807) is 0 Å². The standard InChI is InChI=1S/2ClH.4Na.H4O7P2.Sn/c;;;;;;1-8(2,3)7-9(4,5)6;/h2*1H;;;;;(H2,1,2,3)(H2,4,5,6);/q;;4*+1;;+4/p-6. The van der Waals surface area contributed by atoms with Crippen LogP contribution >= 0.6 is 33.5 Å². The van der Waals surface area contributed by atoms with Gasteiger partial charge in [0.15, 0.2) is 0 Å². The van der Waals surface area contributed by atoms with Crippen LogP contribution in [0, 0.1) is 0 Å². The SMILES string of the molecule is O=P([O-])([O-])OP(=O)([O-])[O-].[Cl][Sn+2][Cl].[Na+].[Na+].[Na+].[Na+]. The van der Waals surface area contributed by atoms with Crippen molar-refractivity contribution in [2.45, 2.75) is 0 Å². The molecule has 0 aliphatic rings. The number of halogens is 2. The number of phosphoric acid groups is 2. The summed E-state index contributed by atoms with van der Waals surface area (Å²) in [6.07, 6.45) is 0. The van der Waals surface area contributed by atoms with Gasteiger partial charge in [-0.25, -0.2) is 0 Å². The summed E-state index contributed by atoms with van der Waals surface area (Å²) in [7, 11) is -1.48. The van der Waals surface area contributed by atoms with E-state index in [-0.39, 0.29) is 118 Å². The van der Waals surface area contributed by atoms with Crippen LogP contribution in [0.2, 0.25) is 0 Å². The molecule has 0 N–H and O–H groups in total. The number of hydrogen-bond acceptors (Lipinski definition) is 7. The molecular formula is Cl2Na4O7P2Sn+2. The molecule has 0 aromatic rings. The van der Waals surface area contributed by atoms with Gasteiger partial charge < -0.3 is 33.0 Å². The van der Waals surface area contributed by atoms with Crippen molar-refractivity contribution < 1.29 is 151 Å². The zero-order valence-corrected chi connectivity index (χ0v) is 23.2. The molecule has 0 amide bonds. The van der Waals surface area contributed by atoms with Crippen LogP contribution in [0.1, 0.15) is 0 Å². The Bertz CT molecular complexity index is 185. The predicted molar refractivity (Wildman–Crippen MR) is 33.8 cm³/mol. The smallest absolute Gasteiger partial charge is 1.00 e. The first kappa shape index (κ1) is 37.7. The van der Waals surface area contributed by atoms with Gasteiger partial charge in [0.1, 0.15) is 0 Å². The molecule has 7 nitrogen and oxygen atoms in total. The zero-order chi connectivity index (χ0) is 10.4. The second kappa shape index (κ2) is 20.6. The Morgan fingerprint density at radius 2 is 0.938 bits per heavy atom. The molecule has 0 atom stereocenters. The Balaban J connectivity index is -0.0000000324. The Hall–Kier alpha value is 5.64. The summed E-state index contributed by atoms with van der Waals surface area (Å²) in [4.78, 5) is 37.3. The first-order chi connectivity index (χ1) is 5.12.